The molecule has 0 amide bonds. The van der Waals surface area contributed by atoms with E-state index in [2.05, 4.69) is 21.8 Å². The topological polar surface area (TPSA) is 78.4 Å². The minimum absolute atomic E-state index is 0. The molecule has 2 heterocycles. The van der Waals surface area contributed by atoms with Crippen LogP contribution in [0.25, 0.3) is 0 Å². The van der Waals surface area contributed by atoms with E-state index < -0.39 is 11.1 Å². The van der Waals surface area contributed by atoms with Crippen LogP contribution in [0.2, 0.25) is 5.28 Å². The second-order valence-electron chi connectivity index (χ2n) is 4.26. The molecule has 0 N–H and O–H groups in total. The van der Waals surface area contributed by atoms with Gasteiger partial charge in [-0.3, -0.25) is 4.21 Å². The van der Waals surface area contributed by atoms with Crippen LogP contribution in [0.4, 0.5) is 5.82 Å². The van der Waals surface area contributed by atoms with Gasteiger partial charge in [-0.1, -0.05) is 6.92 Å². The Balaban J connectivity index is 0.00000200. The smallest absolute Gasteiger partial charge is 0.772 e. The molecule has 6 nitrogen and oxygen atoms in total. The van der Waals surface area contributed by atoms with E-state index >= 15 is 0 Å². The Morgan fingerprint density at radius 1 is 1.60 bits per heavy atom. The van der Waals surface area contributed by atoms with Crippen LogP contribution in [-0.4, -0.2) is 44.5 Å². The number of aromatic nitrogens is 2. The van der Waals surface area contributed by atoms with Gasteiger partial charge < -0.3 is 14.2 Å². The summed E-state index contributed by atoms with van der Waals surface area (Å²) >= 11 is 3.67. The third-order valence-corrected chi connectivity index (χ3v) is 3.70. The fourth-order valence-corrected chi connectivity index (χ4v) is 2.67. The van der Waals surface area contributed by atoms with E-state index in [1.165, 1.54) is 0 Å². The number of hydrogen-bond acceptors (Lipinski definition) is 6. The van der Waals surface area contributed by atoms with Gasteiger partial charge in [0.05, 0.1) is 30.7 Å². The van der Waals surface area contributed by atoms with Gasteiger partial charge in [-0.15, -0.1) is 0 Å². The maximum absolute atomic E-state index is 10.8. The van der Waals surface area contributed by atoms with Crippen LogP contribution in [0.15, 0.2) is 6.07 Å². The van der Waals surface area contributed by atoms with Crippen LogP contribution in [0.5, 0.6) is 0 Å². The molecule has 106 valence electrons. The molecule has 1 aromatic rings. The zero-order chi connectivity index (χ0) is 13.8. The number of hydrogen-bond donors (Lipinski definition) is 0. The van der Waals surface area contributed by atoms with Crippen LogP contribution >= 0.6 is 11.6 Å². The quantitative estimate of drug-likeness (QED) is 0.366. The molecule has 1 aliphatic rings. The molecule has 0 radical (unpaired) electrons. The van der Waals surface area contributed by atoms with Crippen LogP contribution < -0.4 is 34.5 Å². The SMILES string of the molecule is CC[C@H]1COCCN1c1cc(CS(=O)[O-])nc(Cl)n1.[Na+]. The minimum atomic E-state index is -2.19. The Bertz CT molecular complexity index is 480. The summed E-state index contributed by atoms with van der Waals surface area (Å²) in [4.78, 5) is 10.2. The first-order valence-electron chi connectivity index (χ1n) is 6.04. The predicted molar refractivity (Wildman–Crippen MR) is 71.9 cm³/mol. The molecular weight excluding hydrogens is 313 g/mol. The van der Waals surface area contributed by atoms with Crippen molar-refractivity contribution in [1.29, 1.82) is 0 Å². The molecule has 20 heavy (non-hydrogen) atoms. The molecule has 0 aromatic carbocycles. The summed E-state index contributed by atoms with van der Waals surface area (Å²) in [5, 5.41) is 0.0688. The average Bonchev–Trinajstić information content (AvgIpc) is 2.37. The van der Waals surface area contributed by atoms with Gasteiger partial charge in [0.25, 0.3) is 0 Å². The van der Waals surface area contributed by atoms with E-state index in [4.69, 9.17) is 16.3 Å². The van der Waals surface area contributed by atoms with Crippen molar-refractivity contribution >= 4 is 28.5 Å². The first-order chi connectivity index (χ1) is 9.10. The normalized spacial score (nSPS) is 20.4. The van der Waals surface area contributed by atoms with E-state index in [-0.39, 0.29) is 46.6 Å². The largest absolute Gasteiger partial charge is 1.00 e. The second-order valence-corrected chi connectivity index (χ2v) is 5.50. The van der Waals surface area contributed by atoms with Crippen molar-refractivity contribution in [3.05, 3.63) is 17.0 Å². The standard InChI is InChI=1S/C11H16ClN3O3S.Na/c1-2-9-6-18-4-3-15(9)10-5-8(7-19(16)17)13-11(12)14-10;/h5,9H,2-4,6-7H2,1H3,(H,16,17);/q;+1/p-1/t9-;/m0./s1. The van der Waals surface area contributed by atoms with Gasteiger partial charge in [-0.25, -0.2) is 9.97 Å². The fourth-order valence-electron chi connectivity index (χ4n) is 2.09. The summed E-state index contributed by atoms with van der Waals surface area (Å²) in [7, 11) is 0. The summed E-state index contributed by atoms with van der Waals surface area (Å²) in [5.41, 5.74) is 0.407. The first kappa shape index (κ1) is 18.3. The maximum atomic E-state index is 10.8. The number of ether oxygens (including phenoxy) is 1. The van der Waals surface area contributed by atoms with Crippen LogP contribution in [0, 0.1) is 0 Å². The van der Waals surface area contributed by atoms with Crippen molar-refractivity contribution in [1.82, 2.24) is 9.97 Å². The summed E-state index contributed by atoms with van der Waals surface area (Å²) in [6.07, 6.45) is 0.921. The van der Waals surface area contributed by atoms with Crippen molar-refractivity contribution in [2.45, 2.75) is 25.1 Å². The number of anilines is 1. The Kier molecular flexibility index (Phi) is 7.89. The van der Waals surface area contributed by atoms with Crippen molar-refractivity contribution < 1.29 is 43.1 Å². The Morgan fingerprint density at radius 3 is 3.00 bits per heavy atom. The van der Waals surface area contributed by atoms with Crippen LogP contribution in [0.1, 0.15) is 19.0 Å². The van der Waals surface area contributed by atoms with E-state index in [9.17, 15) is 8.76 Å². The molecule has 1 aliphatic heterocycles. The molecule has 1 fully saturated rings. The average molecular weight is 328 g/mol. The summed E-state index contributed by atoms with van der Waals surface area (Å²) in [6, 6.07) is 1.90. The van der Waals surface area contributed by atoms with Crippen LogP contribution in [0.3, 0.4) is 0 Å². The van der Waals surface area contributed by atoms with Gasteiger partial charge in [0, 0.05) is 12.6 Å². The maximum Gasteiger partial charge on any atom is 1.00 e. The van der Waals surface area contributed by atoms with Gasteiger partial charge in [-0.05, 0) is 29.1 Å². The third kappa shape index (κ3) is 4.91. The molecule has 0 spiro atoms. The fraction of sp³-hybridized carbons (Fsp3) is 0.636. The molecule has 2 atom stereocenters. The molecule has 0 aliphatic carbocycles. The number of nitrogens with zero attached hydrogens (tertiary/aromatic N) is 3. The second kappa shape index (κ2) is 8.63. The van der Waals surface area contributed by atoms with E-state index in [1.54, 1.807) is 6.07 Å². The zero-order valence-corrected chi connectivity index (χ0v) is 15.1. The van der Waals surface area contributed by atoms with Crippen molar-refractivity contribution in [3.8, 4) is 0 Å². The molecule has 0 bridgehead atoms. The molecule has 0 saturated carbocycles. The molecule has 1 aromatic heterocycles. The van der Waals surface area contributed by atoms with E-state index in [0.717, 1.165) is 6.42 Å². The van der Waals surface area contributed by atoms with Gasteiger partial charge >= 0.3 is 29.6 Å². The Hall–Kier alpha value is 0.240. The number of rotatable bonds is 4. The van der Waals surface area contributed by atoms with Gasteiger partial charge in [0.1, 0.15) is 5.82 Å². The zero-order valence-electron chi connectivity index (χ0n) is 11.5. The number of morpholine rings is 1. The minimum Gasteiger partial charge on any atom is -0.772 e. The van der Waals surface area contributed by atoms with Crippen LogP contribution in [-0.2, 0) is 21.6 Å². The molecule has 9 heteroatoms. The van der Waals surface area contributed by atoms with Crippen molar-refractivity contribution in [2.75, 3.05) is 24.7 Å². The number of halogens is 1. The van der Waals surface area contributed by atoms with Crippen molar-refractivity contribution in [3.63, 3.8) is 0 Å². The summed E-state index contributed by atoms with van der Waals surface area (Å²) < 4.78 is 26.9. The van der Waals surface area contributed by atoms with Gasteiger partial charge in [0.2, 0.25) is 5.28 Å². The monoisotopic (exact) mass is 327 g/mol. The molecule has 1 unspecified atom stereocenters. The van der Waals surface area contributed by atoms with Crippen molar-refractivity contribution in [2.24, 2.45) is 0 Å². The summed E-state index contributed by atoms with van der Waals surface area (Å²) in [5.74, 6) is 0.506. The predicted octanol–water partition coefficient (Wildman–Crippen LogP) is -1.87. The van der Waals surface area contributed by atoms with Gasteiger partial charge in [-0.2, -0.15) is 0 Å². The molecule has 1 saturated heterocycles. The third-order valence-electron chi connectivity index (χ3n) is 3.00. The first-order valence-corrected chi connectivity index (χ1v) is 7.66. The summed E-state index contributed by atoms with van der Waals surface area (Å²) in [6.45, 7) is 4.05. The van der Waals surface area contributed by atoms with E-state index in [1.807, 2.05) is 0 Å². The Morgan fingerprint density at radius 2 is 2.35 bits per heavy atom. The molecular formula is C11H15ClN3NaO3S. The molecule has 2 rings (SSSR count). The Labute approximate surface area is 147 Å². The van der Waals surface area contributed by atoms with Gasteiger partial charge in [0.15, 0.2) is 0 Å². The van der Waals surface area contributed by atoms with E-state index in [0.29, 0.717) is 31.3 Å².